The first-order chi connectivity index (χ1) is 16.6. The molecule has 0 bridgehead atoms. The van der Waals surface area contributed by atoms with Crippen molar-refractivity contribution in [3.8, 4) is 5.75 Å². The Labute approximate surface area is 193 Å². The lowest BCUT2D eigenvalue weighted by molar-refractivity contribution is 0.0704. The van der Waals surface area contributed by atoms with E-state index in [0.717, 1.165) is 10.9 Å². The molecule has 7 nitrogen and oxygen atoms in total. The molecule has 0 radical (unpaired) electrons. The van der Waals surface area contributed by atoms with Crippen molar-refractivity contribution in [2.45, 2.75) is 6.42 Å². The van der Waals surface area contributed by atoms with Gasteiger partial charge in [-0.25, -0.2) is 9.59 Å². The molecule has 5 rings (SSSR count). The second-order valence-corrected chi connectivity index (χ2v) is 7.68. The van der Waals surface area contributed by atoms with E-state index < -0.39 is 17.5 Å². The van der Waals surface area contributed by atoms with Crippen LogP contribution in [0.4, 0.5) is 0 Å². The van der Waals surface area contributed by atoms with Crippen LogP contribution in [-0.4, -0.2) is 18.4 Å². The number of amides is 1. The number of furan rings is 1. The summed E-state index contributed by atoms with van der Waals surface area (Å²) >= 11 is 0. The van der Waals surface area contributed by atoms with Gasteiger partial charge in [0.25, 0.3) is 5.91 Å². The molecule has 7 heteroatoms. The monoisotopic (exact) mass is 453 g/mol. The van der Waals surface area contributed by atoms with Crippen molar-refractivity contribution in [3.05, 3.63) is 112 Å². The van der Waals surface area contributed by atoms with Crippen molar-refractivity contribution < 1.29 is 23.2 Å². The largest absolute Gasteiger partial charge is 0.449 e. The van der Waals surface area contributed by atoms with Crippen LogP contribution in [-0.2, 0) is 6.42 Å². The summed E-state index contributed by atoms with van der Waals surface area (Å²) in [6.07, 6.45) is 0.644. The van der Waals surface area contributed by atoms with Gasteiger partial charge in [-0.2, -0.15) is 0 Å². The fourth-order valence-corrected chi connectivity index (χ4v) is 3.61. The average Bonchev–Trinajstić information content (AvgIpc) is 3.29. The Morgan fingerprint density at radius 3 is 2.38 bits per heavy atom. The fourth-order valence-electron chi connectivity index (χ4n) is 3.61. The highest BCUT2D eigenvalue weighted by molar-refractivity contribution is 5.97. The number of carbonyl (C=O) groups excluding carboxylic acids is 2. The van der Waals surface area contributed by atoms with Crippen LogP contribution in [0.15, 0.2) is 98.6 Å². The molecular formula is C27H19NO6. The number of ether oxygens (including phenoxy) is 1. The molecule has 168 valence electrons. The van der Waals surface area contributed by atoms with Gasteiger partial charge in [-0.1, -0.05) is 48.5 Å². The molecule has 0 saturated carbocycles. The summed E-state index contributed by atoms with van der Waals surface area (Å²) in [7, 11) is 0. The number of nitrogens with one attached hydrogen (secondary N) is 1. The van der Waals surface area contributed by atoms with Crippen LogP contribution in [0.25, 0.3) is 21.9 Å². The number of carbonyl (C=O) groups is 2. The first kappa shape index (κ1) is 21.2. The third-order valence-corrected chi connectivity index (χ3v) is 5.33. The Morgan fingerprint density at radius 1 is 0.794 bits per heavy atom. The van der Waals surface area contributed by atoms with Crippen molar-refractivity contribution in [2.24, 2.45) is 0 Å². The van der Waals surface area contributed by atoms with Gasteiger partial charge in [0.15, 0.2) is 0 Å². The minimum atomic E-state index is -0.773. The number of rotatable bonds is 6. The maximum atomic E-state index is 12.5. The molecule has 34 heavy (non-hydrogen) atoms. The lowest BCUT2D eigenvalue weighted by atomic mass is 10.1. The molecule has 1 amide bonds. The third-order valence-electron chi connectivity index (χ3n) is 5.33. The zero-order valence-corrected chi connectivity index (χ0v) is 17.9. The Bertz CT molecular complexity index is 1530. The van der Waals surface area contributed by atoms with E-state index in [1.165, 1.54) is 12.1 Å². The fraction of sp³-hybridized carbons (Fsp3) is 0.0741. The Balaban J connectivity index is 1.30. The van der Waals surface area contributed by atoms with Crippen LogP contribution in [0, 0.1) is 0 Å². The van der Waals surface area contributed by atoms with Crippen LogP contribution in [0.2, 0.25) is 0 Å². The van der Waals surface area contributed by atoms with Crippen molar-refractivity contribution in [2.75, 3.05) is 6.54 Å². The summed E-state index contributed by atoms with van der Waals surface area (Å²) in [5.74, 6) is -0.939. The molecule has 3 aromatic carbocycles. The average molecular weight is 453 g/mol. The van der Waals surface area contributed by atoms with E-state index in [-0.39, 0.29) is 22.7 Å². The minimum absolute atomic E-state index is 0.0604. The standard InChI is InChI=1S/C27H19NO6/c29-25(28-13-12-17-6-2-1-3-7-17)21-14-19-10-11-20(16-23(19)34-26(21)30)32-27(31)24-15-18-8-4-5-9-22(18)33-24/h1-11,14-16H,12-13H2,(H,28,29). The van der Waals surface area contributed by atoms with Gasteiger partial charge in [0.1, 0.15) is 22.5 Å². The Hall–Kier alpha value is -4.65. The van der Waals surface area contributed by atoms with E-state index in [1.807, 2.05) is 48.5 Å². The molecule has 1 N–H and O–H groups in total. The van der Waals surface area contributed by atoms with Gasteiger partial charge in [0.05, 0.1) is 0 Å². The molecule has 0 aliphatic rings. The molecule has 2 heterocycles. The number of para-hydroxylation sites is 1. The van der Waals surface area contributed by atoms with Crippen molar-refractivity contribution in [3.63, 3.8) is 0 Å². The summed E-state index contributed by atoms with van der Waals surface area (Å²) in [6.45, 7) is 0.386. The number of hydrogen-bond acceptors (Lipinski definition) is 6. The van der Waals surface area contributed by atoms with Crippen LogP contribution >= 0.6 is 0 Å². The number of fused-ring (bicyclic) bond motifs is 2. The molecule has 0 unspecified atom stereocenters. The minimum Gasteiger partial charge on any atom is -0.449 e. The summed E-state index contributed by atoms with van der Waals surface area (Å²) in [5, 5.41) is 4.05. The lowest BCUT2D eigenvalue weighted by Crippen LogP contribution is -2.29. The molecular weight excluding hydrogens is 434 g/mol. The van der Waals surface area contributed by atoms with Gasteiger partial charge in [0, 0.05) is 23.4 Å². The maximum Gasteiger partial charge on any atom is 0.379 e. The zero-order valence-electron chi connectivity index (χ0n) is 17.9. The molecule has 0 saturated heterocycles. The van der Waals surface area contributed by atoms with Crippen LogP contribution in [0.5, 0.6) is 5.75 Å². The normalized spacial score (nSPS) is 10.9. The lowest BCUT2D eigenvalue weighted by Gasteiger charge is -2.07. The highest BCUT2D eigenvalue weighted by atomic mass is 16.5. The summed E-state index contributed by atoms with van der Waals surface area (Å²) in [6, 6.07) is 24.6. The van der Waals surface area contributed by atoms with Gasteiger partial charge < -0.3 is 18.9 Å². The van der Waals surface area contributed by atoms with E-state index in [4.69, 9.17) is 13.6 Å². The molecule has 0 aliphatic carbocycles. The maximum absolute atomic E-state index is 12.5. The number of esters is 1. The first-order valence-corrected chi connectivity index (χ1v) is 10.7. The predicted octanol–water partition coefficient (Wildman–Crippen LogP) is 4.73. The van der Waals surface area contributed by atoms with Crippen molar-refractivity contribution in [1.82, 2.24) is 5.32 Å². The Morgan fingerprint density at radius 2 is 1.56 bits per heavy atom. The molecule has 0 spiro atoms. The highest BCUT2D eigenvalue weighted by Gasteiger charge is 2.17. The smallest absolute Gasteiger partial charge is 0.379 e. The van der Waals surface area contributed by atoms with Crippen LogP contribution < -0.4 is 15.7 Å². The SMILES string of the molecule is O=C(Oc1ccc2cc(C(=O)NCCc3ccccc3)c(=O)oc2c1)c1cc2ccccc2o1. The van der Waals surface area contributed by atoms with E-state index in [9.17, 15) is 14.4 Å². The van der Waals surface area contributed by atoms with E-state index in [2.05, 4.69) is 5.32 Å². The summed E-state index contributed by atoms with van der Waals surface area (Å²) < 4.78 is 16.2. The summed E-state index contributed by atoms with van der Waals surface area (Å²) in [5.41, 5.74) is 0.991. The Kier molecular flexibility index (Phi) is 5.66. The third kappa shape index (κ3) is 4.45. The zero-order chi connectivity index (χ0) is 23.5. The van der Waals surface area contributed by atoms with Crippen molar-refractivity contribution >= 4 is 33.8 Å². The number of hydrogen-bond donors (Lipinski definition) is 1. The van der Waals surface area contributed by atoms with E-state index in [0.29, 0.717) is 23.9 Å². The number of benzene rings is 3. The van der Waals surface area contributed by atoms with E-state index >= 15 is 0 Å². The van der Waals surface area contributed by atoms with Crippen molar-refractivity contribution in [1.29, 1.82) is 0 Å². The second-order valence-electron chi connectivity index (χ2n) is 7.68. The van der Waals surface area contributed by atoms with E-state index in [1.54, 1.807) is 24.3 Å². The molecule has 2 aromatic heterocycles. The van der Waals surface area contributed by atoms with Gasteiger partial charge in [-0.3, -0.25) is 4.79 Å². The van der Waals surface area contributed by atoms with Gasteiger partial charge in [-0.15, -0.1) is 0 Å². The van der Waals surface area contributed by atoms with Gasteiger partial charge in [0.2, 0.25) is 5.76 Å². The van der Waals surface area contributed by atoms with Crippen LogP contribution in [0.3, 0.4) is 0 Å². The predicted molar refractivity (Wildman–Crippen MR) is 126 cm³/mol. The quantitative estimate of drug-likeness (QED) is 0.227. The summed E-state index contributed by atoms with van der Waals surface area (Å²) in [4.78, 5) is 37.4. The topological polar surface area (TPSA) is 98.8 Å². The van der Waals surface area contributed by atoms with Gasteiger partial charge in [-0.05, 0) is 42.3 Å². The molecule has 5 aromatic rings. The highest BCUT2D eigenvalue weighted by Crippen LogP contribution is 2.24. The first-order valence-electron chi connectivity index (χ1n) is 10.7. The molecule has 0 aliphatic heterocycles. The molecule has 0 atom stereocenters. The van der Waals surface area contributed by atoms with Crippen LogP contribution in [0.1, 0.15) is 26.5 Å². The molecule has 0 fully saturated rings. The van der Waals surface area contributed by atoms with Gasteiger partial charge >= 0.3 is 11.6 Å². The second kappa shape index (κ2) is 9.07.